The Morgan fingerprint density at radius 2 is 2.09 bits per heavy atom. The number of benzene rings is 1. The third-order valence-corrected chi connectivity index (χ3v) is 7.63. The van der Waals surface area contributed by atoms with Crippen LogP contribution in [0.15, 0.2) is 51.0 Å². The first-order valence-corrected chi connectivity index (χ1v) is 12.2. The molecule has 170 valence electrons. The smallest absolute Gasteiger partial charge is 0.263 e. The van der Waals surface area contributed by atoms with Gasteiger partial charge < -0.3 is 9.73 Å². The van der Waals surface area contributed by atoms with Crippen molar-refractivity contribution in [2.75, 3.05) is 11.1 Å². The van der Waals surface area contributed by atoms with E-state index in [9.17, 15) is 18.4 Å². The van der Waals surface area contributed by atoms with Crippen LogP contribution in [0.4, 0.5) is 14.5 Å². The van der Waals surface area contributed by atoms with Crippen LogP contribution in [0, 0.1) is 11.6 Å². The molecule has 3 heterocycles. The SMILES string of the molecule is O=C(CSc1nc2sc3c(c2c(=O)n1Cc1ccco1)CCCC3)Nc1cc(F)ccc1F. The number of nitrogens with one attached hydrogen (secondary N) is 1. The van der Waals surface area contributed by atoms with Crippen LogP contribution in [-0.4, -0.2) is 21.2 Å². The fraction of sp³-hybridized carbons (Fsp3) is 0.261. The molecule has 5 rings (SSSR count). The first-order chi connectivity index (χ1) is 16.0. The monoisotopic (exact) mass is 487 g/mol. The number of furan rings is 1. The molecule has 0 saturated carbocycles. The normalized spacial score (nSPS) is 13.3. The number of thiophene rings is 1. The number of amides is 1. The zero-order chi connectivity index (χ0) is 22.9. The minimum absolute atomic E-state index is 0.128. The van der Waals surface area contributed by atoms with E-state index in [-0.39, 0.29) is 23.5 Å². The summed E-state index contributed by atoms with van der Waals surface area (Å²) in [5.74, 6) is -1.45. The highest BCUT2D eigenvalue weighted by atomic mass is 32.2. The lowest BCUT2D eigenvalue weighted by Gasteiger charge is -2.13. The number of thioether (sulfide) groups is 1. The standard InChI is InChI=1S/C23H19F2N3O3S2/c24-13-7-8-16(25)17(10-13)26-19(29)12-32-23-27-21-20(15-5-1-2-6-18(15)33-21)22(30)28(23)11-14-4-3-9-31-14/h3-4,7-10H,1-2,5-6,11-12H2,(H,26,29). The Morgan fingerprint density at radius 3 is 2.91 bits per heavy atom. The summed E-state index contributed by atoms with van der Waals surface area (Å²) in [5, 5.41) is 3.39. The Bertz CT molecular complexity index is 1400. The van der Waals surface area contributed by atoms with E-state index in [1.807, 2.05) is 0 Å². The molecule has 3 aromatic heterocycles. The van der Waals surface area contributed by atoms with Crippen LogP contribution in [0.5, 0.6) is 0 Å². The number of hydrogen-bond donors (Lipinski definition) is 1. The van der Waals surface area contributed by atoms with Crippen molar-refractivity contribution in [3.8, 4) is 0 Å². The van der Waals surface area contributed by atoms with Crippen LogP contribution in [-0.2, 0) is 24.2 Å². The predicted molar refractivity (Wildman–Crippen MR) is 124 cm³/mol. The molecule has 1 aliphatic carbocycles. The second kappa shape index (κ2) is 9.11. The molecular weight excluding hydrogens is 468 g/mol. The molecule has 0 fully saturated rings. The molecule has 0 radical (unpaired) electrons. The molecule has 0 aliphatic heterocycles. The molecule has 33 heavy (non-hydrogen) atoms. The van der Waals surface area contributed by atoms with Gasteiger partial charge in [-0.15, -0.1) is 11.3 Å². The van der Waals surface area contributed by atoms with Crippen LogP contribution < -0.4 is 10.9 Å². The van der Waals surface area contributed by atoms with Gasteiger partial charge in [0.1, 0.15) is 22.2 Å². The average Bonchev–Trinajstić information content (AvgIpc) is 3.44. The first-order valence-electron chi connectivity index (χ1n) is 10.4. The maximum Gasteiger partial charge on any atom is 0.263 e. The minimum atomic E-state index is -0.729. The molecule has 0 unspecified atom stereocenters. The average molecular weight is 488 g/mol. The summed E-state index contributed by atoms with van der Waals surface area (Å²) in [4.78, 5) is 32.5. The van der Waals surface area contributed by atoms with Gasteiger partial charge in [-0.1, -0.05) is 11.8 Å². The van der Waals surface area contributed by atoms with Crippen molar-refractivity contribution in [3.05, 3.63) is 74.8 Å². The third kappa shape index (κ3) is 4.45. The first kappa shape index (κ1) is 21.8. The summed E-state index contributed by atoms with van der Waals surface area (Å²) in [6.07, 6.45) is 5.48. The summed E-state index contributed by atoms with van der Waals surface area (Å²) >= 11 is 2.60. The molecule has 0 saturated heterocycles. The highest BCUT2D eigenvalue weighted by Gasteiger charge is 2.23. The Balaban J connectivity index is 1.46. The highest BCUT2D eigenvalue weighted by Crippen LogP contribution is 2.35. The number of aromatic nitrogens is 2. The number of halogens is 2. The van der Waals surface area contributed by atoms with Crippen LogP contribution in [0.3, 0.4) is 0 Å². The summed E-state index contributed by atoms with van der Waals surface area (Å²) in [7, 11) is 0. The number of fused-ring (bicyclic) bond motifs is 3. The molecule has 1 aliphatic rings. The maximum absolute atomic E-state index is 13.9. The van der Waals surface area contributed by atoms with E-state index < -0.39 is 17.5 Å². The molecule has 0 spiro atoms. The number of carbonyl (C=O) groups excluding carboxylic acids is 1. The van der Waals surface area contributed by atoms with Gasteiger partial charge in [0, 0.05) is 10.9 Å². The van der Waals surface area contributed by atoms with Gasteiger partial charge in [-0.3, -0.25) is 14.2 Å². The van der Waals surface area contributed by atoms with Gasteiger partial charge in [-0.05, 0) is 55.5 Å². The van der Waals surface area contributed by atoms with E-state index in [1.165, 1.54) is 27.0 Å². The molecule has 1 aromatic carbocycles. The molecular formula is C23H19F2N3O3S2. The van der Waals surface area contributed by atoms with Crippen molar-refractivity contribution < 1.29 is 18.0 Å². The largest absolute Gasteiger partial charge is 0.467 e. The third-order valence-electron chi connectivity index (χ3n) is 5.47. The van der Waals surface area contributed by atoms with Gasteiger partial charge >= 0.3 is 0 Å². The molecule has 0 atom stereocenters. The quantitative estimate of drug-likeness (QED) is 0.306. The molecule has 10 heteroatoms. The van der Waals surface area contributed by atoms with Crippen molar-refractivity contribution in [1.82, 2.24) is 9.55 Å². The fourth-order valence-corrected chi connectivity index (χ4v) is 6.04. The summed E-state index contributed by atoms with van der Waals surface area (Å²) < 4.78 is 34.2. The molecule has 1 N–H and O–H groups in total. The topological polar surface area (TPSA) is 77.1 Å². The van der Waals surface area contributed by atoms with E-state index in [4.69, 9.17) is 9.40 Å². The Hall–Kier alpha value is -2.98. The van der Waals surface area contributed by atoms with E-state index in [1.54, 1.807) is 12.1 Å². The number of carbonyl (C=O) groups is 1. The number of anilines is 1. The Morgan fingerprint density at radius 1 is 1.24 bits per heavy atom. The van der Waals surface area contributed by atoms with Crippen LogP contribution in [0.25, 0.3) is 10.2 Å². The van der Waals surface area contributed by atoms with Crippen LogP contribution in [0.2, 0.25) is 0 Å². The summed E-state index contributed by atoms with van der Waals surface area (Å²) in [6, 6.07) is 6.37. The lowest BCUT2D eigenvalue weighted by atomic mass is 9.97. The molecule has 4 aromatic rings. The van der Waals surface area contributed by atoms with Crippen molar-refractivity contribution in [2.24, 2.45) is 0 Å². The summed E-state index contributed by atoms with van der Waals surface area (Å²) in [5.41, 5.74) is 0.695. The van der Waals surface area contributed by atoms with Gasteiger partial charge in [0.2, 0.25) is 5.91 Å². The zero-order valence-corrected chi connectivity index (χ0v) is 19.0. The molecule has 6 nitrogen and oxygen atoms in total. The number of nitrogens with zero attached hydrogens (tertiary/aromatic N) is 2. The van der Waals surface area contributed by atoms with Crippen molar-refractivity contribution >= 4 is 44.9 Å². The number of rotatable bonds is 6. The second-order valence-corrected chi connectivity index (χ2v) is 9.74. The Kier molecular flexibility index (Phi) is 6.03. The van der Waals surface area contributed by atoms with Crippen molar-refractivity contribution in [2.45, 2.75) is 37.4 Å². The molecule has 1 amide bonds. The maximum atomic E-state index is 13.9. The van der Waals surface area contributed by atoms with Gasteiger partial charge in [-0.2, -0.15) is 0 Å². The van der Waals surface area contributed by atoms with Crippen molar-refractivity contribution in [1.29, 1.82) is 0 Å². The minimum Gasteiger partial charge on any atom is -0.467 e. The molecule has 0 bridgehead atoms. The van der Waals surface area contributed by atoms with Crippen LogP contribution >= 0.6 is 23.1 Å². The highest BCUT2D eigenvalue weighted by molar-refractivity contribution is 7.99. The van der Waals surface area contributed by atoms with Crippen LogP contribution in [0.1, 0.15) is 29.0 Å². The second-order valence-electron chi connectivity index (χ2n) is 7.72. The van der Waals surface area contributed by atoms with E-state index in [0.29, 0.717) is 21.1 Å². The van der Waals surface area contributed by atoms with Gasteiger partial charge in [-0.25, -0.2) is 13.8 Å². The lowest BCUT2D eigenvalue weighted by molar-refractivity contribution is -0.113. The number of aryl methyl sites for hydroxylation is 2. The fourth-order valence-electron chi connectivity index (χ4n) is 3.94. The Labute approximate surface area is 195 Å². The van der Waals surface area contributed by atoms with E-state index in [0.717, 1.165) is 61.2 Å². The predicted octanol–water partition coefficient (Wildman–Crippen LogP) is 4.99. The van der Waals surface area contributed by atoms with E-state index in [2.05, 4.69) is 5.32 Å². The summed E-state index contributed by atoms with van der Waals surface area (Å²) in [6.45, 7) is 0.182. The van der Waals surface area contributed by atoms with Gasteiger partial charge in [0.05, 0.1) is 29.6 Å². The zero-order valence-electron chi connectivity index (χ0n) is 17.4. The van der Waals surface area contributed by atoms with Crippen molar-refractivity contribution in [3.63, 3.8) is 0 Å². The number of hydrogen-bond acceptors (Lipinski definition) is 6. The van der Waals surface area contributed by atoms with Gasteiger partial charge in [0.15, 0.2) is 5.16 Å². The lowest BCUT2D eigenvalue weighted by Crippen LogP contribution is -2.25. The van der Waals surface area contributed by atoms with E-state index >= 15 is 0 Å². The van der Waals surface area contributed by atoms with Gasteiger partial charge in [0.25, 0.3) is 5.56 Å².